The van der Waals surface area contributed by atoms with E-state index in [2.05, 4.69) is 193 Å². The summed E-state index contributed by atoms with van der Waals surface area (Å²) in [5.74, 6) is 0. The zero-order valence-corrected chi connectivity index (χ0v) is 32.0. The van der Waals surface area contributed by atoms with Gasteiger partial charge in [-0.2, -0.15) is 0 Å². The van der Waals surface area contributed by atoms with Gasteiger partial charge in [0, 0.05) is 58.7 Å². The summed E-state index contributed by atoms with van der Waals surface area (Å²) in [6, 6.07) is 71.4. The Kier molecular flexibility index (Phi) is 7.40. The molecule has 0 unspecified atom stereocenters. The quantitative estimate of drug-likeness (QED) is 0.169. The molecule has 3 nitrogen and oxygen atoms in total. The Morgan fingerprint density at radius 3 is 1.71 bits per heavy atom. The monoisotopic (exact) mass is 759 g/mol. The van der Waals surface area contributed by atoms with Crippen molar-refractivity contribution < 1.29 is 8.83 Å². The van der Waals surface area contributed by atoms with Crippen molar-refractivity contribution in [1.82, 2.24) is 0 Å². The minimum Gasteiger partial charge on any atom is -0.456 e. The Morgan fingerprint density at radius 2 is 0.966 bits per heavy atom. The van der Waals surface area contributed by atoms with Crippen molar-refractivity contribution in [3.05, 3.63) is 200 Å². The van der Waals surface area contributed by atoms with Gasteiger partial charge in [-0.25, -0.2) is 0 Å². The molecule has 0 saturated carbocycles. The van der Waals surface area contributed by atoms with Crippen LogP contribution in [0.1, 0.15) is 0 Å². The van der Waals surface area contributed by atoms with Crippen LogP contribution >= 0.6 is 11.3 Å². The number of thiophene rings is 1. The number of rotatable bonds is 6. The maximum atomic E-state index is 6.68. The van der Waals surface area contributed by atoms with Crippen LogP contribution in [0.15, 0.2) is 209 Å². The van der Waals surface area contributed by atoms with Gasteiger partial charge < -0.3 is 13.7 Å². The molecule has 0 bridgehead atoms. The lowest BCUT2D eigenvalue weighted by molar-refractivity contribution is 0.669. The lowest BCUT2D eigenvalue weighted by Gasteiger charge is -2.27. The fourth-order valence-electron chi connectivity index (χ4n) is 8.75. The van der Waals surface area contributed by atoms with Crippen molar-refractivity contribution in [2.24, 2.45) is 0 Å². The van der Waals surface area contributed by atoms with Crippen LogP contribution in [0.2, 0.25) is 0 Å². The van der Waals surface area contributed by atoms with E-state index in [1.54, 1.807) is 0 Å². The number of fused-ring (bicyclic) bond motifs is 9. The van der Waals surface area contributed by atoms with E-state index >= 15 is 0 Å². The molecule has 272 valence electrons. The van der Waals surface area contributed by atoms with Crippen molar-refractivity contribution in [1.29, 1.82) is 0 Å². The largest absolute Gasteiger partial charge is 0.456 e. The van der Waals surface area contributed by atoms with Gasteiger partial charge in [0.05, 0.1) is 5.69 Å². The topological polar surface area (TPSA) is 29.5 Å². The van der Waals surface area contributed by atoms with Crippen molar-refractivity contribution >= 4 is 92.4 Å². The highest BCUT2D eigenvalue weighted by Crippen LogP contribution is 2.50. The second-order valence-electron chi connectivity index (χ2n) is 14.8. The fraction of sp³-hybridized carbons (Fsp3) is 0. The smallest absolute Gasteiger partial charge is 0.143 e. The van der Waals surface area contributed by atoms with Gasteiger partial charge in [0.1, 0.15) is 22.3 Å². The average Bonchev–Trinajstić information content (AvgIpc) is 3.98. The molecule has 0 aliphatic rings. The molecule has 4 heteroatoms. The van der Waals surface area contributed by atoms with E-state index in [0.29, 0.717) is 0 Å². The molecule has 0 saturated heterocycles. The van der Waals surface area contributed by atoms with E-state index in [9.17, 15) is 0 Å². The third-order valence-corrected chi connectivity index (χ3v) is 12.7. The zero-order chi connectivity index (χ0) is 38.2. The van der Waals surface area contributed by atoms with Gasteiger partial charge in [-0.05, 0) is 82.4 Å². The first-order chi connectivity index (χ1) is 28.7. The molecule has 0 N–H and O–H groups in total. The molecule has 12 rings (SSSR count). The first-order valence-corrected chi connectivity index (χ1v) is 20.4. The Bertz CT molecular complexity index is 3510. The molecule has 0 atom stereocenters. The van der Waals surface area contributed by atoms with E-state index in [4.69, 9.17) is 8.83 Å². The van der Waals surface area contributed by atoms with E-state index in [0.717, 1.165) is 72.1 Å². The molecule has 0 aliphatic heterocycles. The number of furan rings is 2. The van der Waals surface area contributed by atoms with Crippen molar-refractivity contribution in [2.75, 3.05) is 4.90 Å². The fourth-order valence-corrected chi connectivity index (χ4v) is 10.1. The summed E-state index contributed by atoms with van der Waals surface area (Å²) < 4.78 is 15.5. The van der Waals surface area contributed by atoms with Crippen molar-refractivity contribution in [3.8, 4) is 33.4 Å². The molecular weight excluding hydrogens is 727 g/mol. The molecule has 0 fully saturated rings. The first-order valence-electron chi connectivity index (χ1n) is 19.6. The first kappa shape index (κ1) is 32.8. The Hall–Kier alpha value is -7.40. The van der Waals surface area contributed by atoms with E-state index in [1.807, 2.05) is 23.5 Å². The zero-order valence-electron chi connectivity index (χ0n) is 31.2. The summed E-state index contributed by atoms with van der Waals surface area (Å²) in [5.41, 5.74) is 13.8. The maximum absolute atomic E-state index is 6.68. The van der Waals surface area contributed by atoms with Crippen LogP contribution in [0.3, 0.4) is 0 Å². The molecule has 0 spiro atoms. The number of nitrogens with zero attached hydrogens (tertiary/aromatic N) is 1. The Labute approximate surface area is 338 Å². The number of hydrogen-bond acceptors (Lipinski definition) is 4. The Balaban J connectivity index is 1.14. The van der Waals surface area contributed by atoms with Gasteiger partial charge in [0.25, 0.3) is 0 Å². The van der Waals surface area contributed by atoms with E-state index in [1.165, 1.54) is 42.4 Å². The van der Waals surface area contributed by atoms with Gasteiger partial charge in [0.15, 0.2) is 0 Å². The molecule has 3 heterocycles. The Morgan fingerprint density at radius 1 is 0.362 bits per heavy atom. The van der Waals surface area contributed by atoms with E-state index < -0.39 is 0 Å². The van der Waals surface area contributed by atoms with Crippen LogP contribution in [-0.4, -0.2) is 0 Å². The predicted molar refractivity (Wildman–Crippen MR) is 245 cm³/mol. The highest BCUT2D eigenvalue weighted by atomic mass is 32.1. The highest BCUT2D eigenvalue weighted by molar-refractivity contribution is 7.26. The minimum atomic E-state index is 0.859. The molecule has 58 heavy (non-hydrogen) atoms. The summed E-state index contributed by atoms with van der Waals surface area (Å²) in [7, 11) is 0. The highest BCUT2D eigenvalue weighted by Gasteiger charge is 2.24. The van der Waals surface area contributed by atoms with Crippen LogP contribution in [0, 0.1) is 0 Å². The normalized spacial score (nSPS) is 11.8. The van der Waals surface area contributed by atoms with Crippen LogP contribution < -0.4 is 4.90 Å². The van der Waals surface area contributed by atoms with E-state index in [-0.39, 0.29) is 0 Å². The molecule has 0 amide bonds. The van der Waals surface area contributed by atoms with Gasteiger partial charge >= 0.3 is 0 Å². The van der Waals surface area contributed by atoms with Gasteiger partial charge in [-0.1, -0.05) is 146 Å². The summed E-state index contributed by atoms with van der Waals surface area (Å²) in [5, 5.41) is 6.80. The second kappa shape index (κ2) is 13.1. The third kappa shape index (κ3) is 5.19. The molecule has 0 aliphatic carbocycles. The molecule has 9 aromatic carbocycles. The summed E-state index contributed by atoms with van der Waals surface area (Å²) >= 11 is 1.87. The predicted octanol–water partition coefficient (Wildman–Crippen LogP) is 16.3. The van der Waals surface area contributed by atoms with Crippen LogP contribution in [0.25, 0.3) is 97.4 Å². The molecule has 0 radical (unpaired) electrons. The van der Waals surface area contributed by atoms with Crippen molar-refractivity contribution in [3.63, 3.8) is 0 Å². The summed E-state index contributed by atoms with van der Waals surface area (Å²) in [4.78, 5) is 2.43. The number of hydrogen-bond donors (Lipinski definition) is 0. The SMILES string of the molecule is c1ccc(-c2ccc3c(c2)sc2c(-c4ccccc4)ccc(N(c4ccc5oc6ccccc6c5c4)c4ccc5oc6c(-c7ccccc7)cccc6c5c4)c23)cc1. The maximum Gasteiger partial charge on any atom is 0.143 e. The third-order valence-electron chi connectivity index (χ3n) is 11.5. The molecular formula is C54H33NO2S. The molecule has 12 aromatic rings. The van der Waals surface area contributed by atoms with Crippen molar-refractivity contribution in [2.45, 2.75) is 0 Å². The number of benzene rings is 9. The summed E-state index contributed by atoms with van der Waals surface area (Å²) in [6.45, 7) is 0. The minimum absolute atomic E-state index is 0.859. The summed E-state index contributed by atoms with van der Waals surface area (Å²) in [6.07, 6.45) is 0. The lowest BCUT2D eigenvalue weighted by atomic mass is 9.98. The number of para-hydroxylation sites is 2. The van der Waals surface area contributed by atoms with Gasteiger partial charge in [-0.15, -0.1) is 11.3 Å². The van der Waals surface area contributed by atoms with Gasteiger partial charge in [-0.3, -0.25) is 0 Å². The van der Waals surface area contributed by atoms with Gasteiger partial charge in [0.2, 0.25) is 0 Å². The average molecular weight is 760 g/mol. The second-order valence-corrected chi connectivity index (χ2v) is 15.9. The lowest BCUT2D eigenvalue weighted by Crippen LogP contribution is -2.10. The number of anilines is 3. The van der Waals surface area contributed by atoms with Crippen LogP contribution in [-0.2, 0) is 0 Å². The van der Waals surface area contributed by atoms with Crippen LogP contribution in [0.4, 0.5) is 17.1 Å². The molecule has 3 aromatic heterocycles. The standard InChI is InChI=1S/C54H33NO2S/c1-4-13-34(14-5-1)37-23-26-44-51(31-37)58-54-41(36-17-8-3-9-18-36)27-28-47(52(44)54)55(38-24-29-49-45(32-38)42-19-10-11-22-48(42)56-49)39-25-30-50-46(33-39)43-21-12-20-40(53(43)57-50)35-15-6-2-7-16-35/h1-33H. The van der Waals surface area contributed by atoms with Crippen LogP contribution in [0.5, 0.6) is 0 Å².